The van der Waals surface area contributed by atoms with Crippen molar-refractivity contribution in [3.8, 4) is 17.2 Å². The van der Waals surface area contributed by atoms with Crippen LogP contribution in [0.15, 0.2) is 87.5 Å². The number of hydrogen-bond donors (Lipinski definition) is 0. The molecule has 5 nitrogen and oxygen atoms in total. The second kappa shape index (κ2) is 8.32. The van der Waals surface area contributed by atoms with Gasteiger partial charge >= 0.3 is 6.16 Å². The largest absolute Gasteiger partial charge is 0.511 e. The Bertz CT molecular complexity index is 994. The number of fused-ring (bicyclic) bond motifs is 2. The van der Waals surface area contributed by atoms with E-state index in [9.17, 15) is 4.79 Å². The summed E-state index contributed by atoms with van der Waals surface area (Å²) >= 11 is 0. The van der Waals surface area contributed by atoms with Gasteiger partial charge in [-0.1, -0.05) is 24.3 Å². The third-order valence-electron chi connectivity index (χ3n) is 4.21. The summed E-state index contributed by atoms with van der Waals surface area (Å²) in [6, 6.07) is 24.0. The Morgan fingerprint density at radius 3 is 2.00 bits per heavy atom. The smallest absolute Gasteiger partial charge is 0.457 e. The van der Waals surface area contributed by atoms with E-state index in [-0.39, 0.29) is 17.7 Å². The number of rotatable bonds is 4. The Labute approximate surface area is 178 Å². The molecule has 0 amide bonds. The first kappa shape index (κ1) is 20.2. The molecule has 3 aromatic rings. The summed E-state index contributed by atoms with van der Waals surface area (Å²) < 4.78 is 21.7. The summed E-state index contributed by atoms with van der Waals surface area (Å²) in [6.45, 7) is 5.13. The minimum absolute atomic E-state index is 0.209. The minimum Gasteiger partial charge on any atom is -0.457 e. The quantitative estimate of drug-likeness (QED) is 0.223. The highest BCUT2D eigenvalue weighted by Gasteiger charge is 2.38. The lowest BCUT2D eigenvalue weighted by atomic mass is 10.2. The van der Waals surface area contributed by atoms with Crippen molar-refractivity contribution in [3.05, 3.63) is 72.8 Å². The zero-order valence-electron chi connectivity index (χ0n) is 17.1. The fourth-order valence-corrected chi connectivity index (χ4v) is 5.20. The lowest BCUT2D eigenvalue weighted by Crippen LogP contribution is -2.25. The predicted octanol–water partition coefficient (Wildman–Crippen LogP) is 6.18. The van der Waals surface area contributed by atoms with Crippen LogP contribution in [0.2, 0.25) is 0 Å². The van der Waals surface area contributed by atoms with Crippen molar-refractivity contribution in [1.82, 2.24) is 0 Å². The highest BCUT2D eigenvalue weighted by molar-refractivity contribution is 7.97. The number of carbonyl (C=O) groups is 1. The normalized spacial score (nSPS) is 12.9. The van der Waals surface area contributed by atoms with Crippen molar-refractivity contribution in [1.29, 1.82) is 0 Å². The van der Waals surface area contributed by atoms with E-state index in [4.69, 9.17) is 18.9 Å². The van der Waals surface area contributed by atoms with Gasteiger partial charge in [-0.15, -0.1) is 0 Å². The third kappa shape index (κ3) is 4.54. The molecule has 1 aliphatic rings. The van der Waals surface area contributed by atoms with Crippen LogP contribution in [0.5, 0.6) is 17.2 Å². The molecule has 0 spiro atoms. The van der Waals surface area contributed by atoms with Crippen LogP contribution in [0, 0.1) is 0 Å². The number of benzene rings is 3. The molecule has 4 rings (SSSR count). The second-order valence-electron chi connectivity index (χ2n) is 7.64. The summed E-state index contributed by atoms with van der Waals surface area (Å²) in [5.41, 5.74) is -0.601. The number of ether oxygens (including phenoxy) is 4. The Morgan fingerprint density at radius 1 is 0.867 bits per heavy atom. The standard InChI is InChI=1S/C24H23O5S/c1-24(2,3)29-23(25)27-16-26-17-12-14-18(15-13-17)30-21-10-6-4-8-19(21)28-20-9-5-7-11-22(20)30/h4-15H,16H2,1-3H3/q+1. The number of carbonyl (C=O) groups excluding carboxylic acids is 1. The van der Waals surface area contributed by atoms with E-state index < -0.39 is 11.8 Å². The average molecular weight is 424 g/mol. The molecule has 1 aliphatic heterocycles. The van der Waals surface area contributed by atoms with Gasteiger partial charge in [0.1, 0.15) is 22.2 Å². The van der Waals surface area contributed by atoms with Gasteiger partial charge in [0.15, 0.2) is 16.4 Å². The minimum atomic E-state index is -0.754. The molecule has 6 heteroatoms. The first-order valence-corrected chi connectivity index (χ1v) is 10.8. The fourth-order valence-electron chi connectivity index (χ4n) is 2.99. The lowest BCUT2D eigenvalue weighted by Gasteiger charge is -2.20. The molecule has 0 radical (unpaired) electrons. The molecular formula is C24H23O5S+. The van der Waals surface area contributed by atoms with Crippen LogP contribution in [-0.2, 0) is 20.4 Å². The Morgan fingerprint density at radius 2 is 1.43 bits per heavy atom. The molecule has 30 heavy (non-hydrogen) atoms. The van der Waals surface area contributed by atoms with E-state index in [0.717, 1.165) is 26.2 Å². The van der Waals surface area contributed by atoms with Crippen LogP contribution in [-0.4, -0.2) is 18.5 Å². The Balaban J connectivity index is 1.49. The van der Waals surface area contributed by atoms with Gasteiger partial charge in [0, 0.05) is 0 Å². The van der Waals surface area contributed by atoms with E-state index in [0.29, 0.717) is 5.75 Å². The van der Waals surface area contributed by atoms with Crippen molar-refractivity contribution in [2.24, 2.45) is 0 Å². The molecule has 1 heterocycles. The van der Waals surface area contributed by atoms with Crippen molar-refractivity contribution in [2.75, 3.05) is 6.79 Å². The van der Waals surface area contributed by atoms with Gasteiger partial charge in [-0.25, -0.2) is 4.79 Å². The molecule has 0 N–H and O–H groups in total. The van der Waals surface area contributed by atoms with Crippen LogP contribution in [0.25, 0.3) is 0 Å². The lowest BCUT2D eigenvalue weighted by molar-refractivity contribution is -0.0361. The van der Waals surface area contributed by atoms with Gasteiger partial charge in [0.05, 0.1) is 0 Å². The zero-order valence-corrected chi connectivity index (χ0v) is 17.9. The van der Waals surface area contributed by atoms with Gasteiger partial charge in [0.2, 0.25) is 16.6 Å². The zero-order chi connectivity index (χ0) is 21.1. The molecule has 0 saturated heterocycles. The third-order valence-corrected chi connectivity index (χ3v) is 6.51. The summed E-state index contributed by atoms with van der Waals surface area (Å²) in [5, 5.41) is 0. The molecule has 154 valence electrons. The summed E-state index contributed by atoms with van der Waals surface area (Å²) in [4.78, 5) is 15.1. The number of hydrogen-bond acceptors (Lipinski definition) is 5. The summed E-state index contributed by atoms with van der Waals surface area (Å²) in [5.74, 6) is 2.37. The van der Waals surface area contributed by atoms with Gasteiger partial charge in [0.25, 0.3) is 0 Å². The van der Waals surface area contributed by atoms with E-state index in [1.807, 2.05) is 60.7 Å². The molecule has 0 saturated carbocycles. The summed E-state index contributed by atoms with van der Waals surface area (Å²) in [6.07, 6.45) is -0.754. The van der Waals surface area contributed by atoms with Crippen LogP contribution in [0.3, 0.4) is 0 Å². The molecule has 0 bridgehead atoms. The molecular weight excluding hydrogens is 400 g/mol. The van der Waals surface area contributed by atoms with Crippen LogP contribution in [0.4, 0.5) is 4.79 Å². The van der Waals surface area contributed by atoms with Gasteiger partial charge in [-0.05, 0) is 69.3 Å². The predicted molar refractivity (Wildman–Crippen MR) is 114 cm³/mol. The first-order chi connectivity index (χ1) is 14.4. The van der Waals surface area contributed by atoms with E-state index in [1.54, 1.807) is 20.8 Å². The SMILES string of the molecule is CC(C)(C)OC(=O)OCOc1ccc([S+]2c3ccccc3Oc3ccccc32)cc1. The van der Waals surface area contributed by atoms with Crippen LogP contribution < -0.4 is 9.47 Å². The molecule has 0 unspecified atom stereocenters. The summed E-state index contributed by atoms with van der Waals surface area (Å²) in [7, 11) is -0.277. The van der Waals surface area contributed by atoms with Crippen molar-refractivity contribution in [3.63, 3.8) is 0 Å². The molecule has 0 aliphatic carbocycles. The second-order valence-corrected chi connectivity index (χ2v) is 9.61. The highest BCUT2D eigenvalue weighted by atomic mass is 32.2. The molecule has 0 fully saturated rings. The van der Waals surface area contributed by atoms with E-state index in [2.05, 4.69) is 12.1 Å². The van der Waals surface area contributed by atoms with Crippen molar-refractivity contribution >= 4 is 17.1 Å². The molecule has 0 atom stereocenters. The number of para-hydroxylation sites is 2. The maximum Gasteiger partial charge on any atom is 0.511 e. The van der Waals surface area contributed by atoms with Crippen molar-refractivity contribution < 1.29 is 23.7 Å². The van der Waals surface area contributed by atoms with Gasteiger partial charge in [-0.2, -0.15) is 0 Å². The van der Waals surface area contributed by atoms with E-state index >= 15 is 0 Å². The van der Waals surface area contributed by atoms with Crippen molar-refractivity contribution in [2.45, 2.75) is 41.1 Å². The maximum absolute atomic E-state index is 11.6. The Hall–Kier alpha value is -3.12. The van der Waals surface area contributed by atoms with Gasteiger partial charge < -0.3 is 18.9 Å². The molecule has 0 aromatic heterocycles. The maximum atomic E-state index is 11.6. The van der Waals surface area contributed by atoms with Crippen LogP contribution >= 0.6 is 0 Å². The topological polar surface area (TPSA) is 54.0 Å². The molecule has 3 aromatic carbocycles. The average Bonchev–Trinajstić information content (AvgIpc) is 2.71. The van der Waals surface area contributed by atoms with E-state index in [1.165, 1.54) is 0 Å². The fraction of sp³-hybridized carbons (Fsp3) is 0.208. The highest BCUT2D eigenvalue weighted by Crippen LogP contribution is 2.46. The Kier molecular flexibility index (Phi) is 5.59. The van der Waals surface area contributed by atoms with Gasteiger partial charge in [-0.3, -0.25) is 0 Å². The van der Waals surface area contributed by atoms with Crippen LogP contribution in [0.1, 0.15) is 20.8 Å². The monoisotopic (exact) mass is 423 g/mol. The first-order valence-electron chi connectivity index (χ1n) is 9.59.